The Hall–Kier alpha value is -1.53. The van der Waals surface area contributed by atoms with E-state index in [-0.39, 0.29) is 0 Å². The van der Waals surface area contributed by atoms with Crippen molar-refractivity contribution in [3.8, 4) is 6.07 Å². The molecule has 1 aliphatic heterocycles. The Morgan fingerprint density at radius 1 is 1.29 bits per heavy atom. The molecule has 1 aliphatic rings. The normalized spacial score (nSPS) is 18.8. The average Bonchev–Trinajstić information content (AvgIpc) is 2.34. The van der Waals surface area contributed by atoms with Crippen molar-refractivity contribution >= 4 is 5.69 Å². The van der Waals surface area contributed by atoms with E-state index in [9.17, 15) is 0 Å². The number of rotatable bonds is 1. The number of nitriles is 1. The van der Waals surface area contributed by atoms with Gasteiger partial charge in [0.2, 0.25) is 0 Å². The van der Waals surface area contributed by atoms with Gasteiger partial charge in [-0.1, -0.05) is 12.1 Å². The van der Waals surface area contributed by atoms with Gasteiger partial charge in [-0.15, -0.1) is 0 Å². The van der Waals surface area contributed by atoms with Crippen molar-refractivity contribution in [1.29, 1.82) is 5.26 Å². The third-order valence-corrected chi connectivity index (χ3v) is 3.80. The molecule has 0 radical (unpaired) electrons. The summed E-state index contributed by atoms with van der Waals surface area (Å²) in [5, 5.41) is 9.01. The molecule has 0 aromatic heterocycles. The van der Waals surface area contributed by atoms with Gasteiger partial charge in [0.1, 0.15) is 5.54 Å². The zero-order valence-electron chi connectivity index (χ0n) is 10.5. The van der Waals surface area contributed by atoms with E-state index in [1.54, 1.807) is 0 Å². The molecule has 1 aromatic rings. The second-order valence-electron chi connectivity index (χ2n) is 4.97. The van der Waals surface area contributed by atoms with Gasteiger partial charge in [0, 0.05) is 18.8 Å². The molecule has 1 fully saturated rings. The van der Waals surface area contributed by atoms with Crippen LogP contribution in [-0.4, -0.2) is 18.6 Å². The minimum atomic E-state index is -0.617. The Bertz CT molecular complexity index is 451. The molecule has 0 aliphatic carbocycles. The molecule has 17 heavy (non-hydrogen) atoms. The summed E-state index contributed by atoms with van der Waals surface area (Å²) in [6, 6.07) is 8.60. The van der Waals surface area contributed by atoms with E-state index < -0.39 is 5.54 Å². The Balaban J connectivity index is 2.17. The molecule has 1 aromatic carbocycles. The summed E-state index contributed by atoms with van der Waals surface area (Å²) in [7, 11) is 0. The van der Waals surface area contributed by atoms with Gasteiger partial charge < -0.3 is 10.6 Å². The smallest absolute Gasteiger partial charge is 0.107 e. The van der Waals surface area contributed by atoms with Crippen LogP contribution < -0.4 is 10.6 Å². The summed E-state index contributed by atoms with van der Waals surface area (Å²) in [5.74, 6) is 0. The van der Waals surface area contributed by atoms with Crippen molar-refractivity contribution in [3.05, 3.63) is 29.3 Å². The van der Waals surface area contributed by atoms with E-state index in [0.29, 0.717) is 0 Å². The predicted molar refractivity (Wildman–Crippen MR) is 69.9 cm³/mol. The van der Waals surface area contributed by atoms with Crippen LogP contribution in [0.5, 0.6) is 0 Å². The van der Waals surface area contributed by atoms with E-state index in [0.717, 1.165) is 25.9 Å². The van der Waals surface area contributed by atoms with E-state index in [1.807, 2.05) is 0 Å². The lowest BCUT2D eigenvalue weighted by Crippen LogP contribution is -2.49. The third kappa shape index (κ3) is 2.27. The molecule has 90 valence electrons. The number of nitrogens with zero attached hydrogens (tertiary/aromatic N) is 2. The average molecular weight is 229 g/mol. The standard InChI is InChI=1S/C14H19N3/c1-11-4-3-5-13(12(11)2)17-8-6-14(16,10-15)7-9-17/h3-5H,6-9,16H2,1-2H3. The first-order valence-electron chi connectivity index (χ1n) is 6.07. The molecule has 0 spiro atoms. The third-order valence-electron chi connectivity index (χ3n) is 3.80. The number of anilines is 1. The van der Waals surface area contributed by atoms with Gasteiger partial charge in [-0.3, -0.25) is 0 Å². The summed E-state index contributed by atoms with van der Waals surface area (Å²) in [5.41, 5.74) is 9.28. The number of hydrogen-bond donors (Lipinski definition) is 1. The molecule has 3 heteroatoms. The van der Waals surface area contributed by atoms with Crippen LogP contribution >= 0.6 is 0 Å². The summed E-state index contributed by atoms with van der Waals surface area (Å²) in [4.78, 5) is 2.34. The number of hydrogen-bond acceptors (Lipinski definition) is 3. The van der Waals surface area contributed by atoms with Crippen molar-refractivity contribution in [2.24, 2.45) is 5.73 Å². The number of aryl methyl sites for hydroxylation is 1. The lowest BCUT2D eigenvalue weighted by atomic mass is 9.89. The molecule has 0 atom stereocenters. The highest BCUT2D eigenvalue weighted by molar-refractivity contribution is 5.56. The Labute approximate surface area is 103 Å². The molecule has 1 heterocycles. The maximum absolute atomic E-state index is 9.01. The maximum Gasteiger partial charge on any atom is 0.107 e. The van der Waals surface area contributed by atoms with Crippen LogP contribution in [0.4, 0.5) is 5.69 Å². The van der Waals surface area contributed by atoms with Crippen LogP contribution in [0.25, 0.3) is 0 Å². The topological polar surface area (TPSA) is 53.0 Å². The summed E-state index contributed by atoms with van der Waals surface area (Å²) in [6.45, 7) is 6.02. The van der Waals surface area contributed by atoms with Crippen molar-refractivity contribution in [1.82, 2.24) is 0 Å². The largest absolute Gasteiger partial charge is 0.371 e. The Morgan fingerprint density at radius 3 is 2.53 bits per heavy atom. The molecule has 0 unspecified atom stereocenters. The van der Waals surface area contributed by atoms with Gasteiger partial charge in [-0.25, -0.2) is 0 Å². The molecular formula is C14H19N3. The molecule has 0 bridgehead atoms. The van der Waals surface area contributed by atoms with Crippen molar-refractivity contribution in [3.63, 3.8) is 0 Å². The van der Waals surface area contributed by atoms with Crippen molar-refractivity contribution < 1.29 is 0 Å². The van der Waals surface area contributed by atoms with Crippen molar-refractivity contribution in [2.75, 3.05) is 18.0 Å². The number of piperidine rings is 1. The van der Waals surface area contributed by atoms with Crippen LogP contribution in [0.3, 0.4) is 0 Å². The molecule has 0 amide bonds. The zero-order valence-corrected chi connectivity index (χ0v) is 10.5. The fraction of sp³-hybridized carbons (Fsp3) is 0.500. The quantitative estimate of drug-likeness (QED) is 0.802. The van der Waals surface area contributed by atoms with Gasteiger partial charge in [-0.2, -0.15) is 5.26 Å². The highest BCUT2D eigenvalue weighted by atomic mass is 15.1. The van der Waals surface area contributed by atoms with E-state index >= 15 is 0 Å². The summed E-state index contributed by atoms with van der Waals surface area (Å²) >= 11 is 0. The fourth-order valence-corrected chi connectivity index (χ4v) is 2.34. The van der Waals surface area contributed by atoms with E-state index in [4.69, 9.17) is 11.0 Å². The van der Waals surface area contributed by atoms with Gasteiger partial charge in [0.15, 0.2) is 0 Å². The van der Waals surface area contributed by atoms with Crippen LogP contribution in [0, 0.1) is 25.2 Å². The maximum atomic E-state index is 9.01. The van der Waals surface area contributed by atoms with Crippen molar-refractivity contribution in [2.45, 2.75) is 32.2 Å². The minimum Gasteiger partial charge on any atom is -0.371 e. The van der Waals surface area contributed by atoms with E-state index in [2.05, 4.69) is 43.0 Å². The second kappa shape index (κ2) is 4.38. The monoisotopic (exact) mass is 229 g/mol. The number of nitrogens with two attached hydrogens (primary N) is 1. The van der Waals surface area contributed by atoms with Crippen LogP contribution in [0.2, 0.25) is 0 Å². The van der Waals surface area contributed by atoms with Crippen LogP contribution in [-0.2, 0) is 0 Å². The lowest BCUT2D eigenvalue weighted by molar-refractivity contribution is 0.415. The fourth-order valence-electron chi connectivity index (χ4n) is 2.34. The van der Waals surface area contributed by atoms with Crippen LogP contribution in [0.1, 0.15) is 24.0 Å². The Kier molecular flexibility index (Phi) is 3.08. The first kappa shape index (κ1) is 11.9. The Morgan fingerprint density at radius 2 is 1.94 bits per heavy atom. The van der Waals surface area contributed by atoms with Gasteiger partial charge in [0.25, 0.3) is 0 Å². The molecule has 0 saturated carbocycles. The predicted octanol–water partition coefficient (Wildman–Crippen LogP) is 2.12. The molecule has 2 N–H and O–H groups in total. The van der Waals surface area contributed by atoms with Crippen LogP contribution in [0.15, 0.2) is 18.2 Å². The zero-order chi connectivity index (χ0) is 12.5. The molecule has 2 rings (SSSR count). The molecule has 3 nitrogen and oxygen atoms in total. The van der Waals surface area contributed by atoms with Gasteiger partial charge >= 0.3 is 0 Å². The summed E-state index contributed by atoms with van der Waals surface area (Å²) < 4.78 is 0. The molecule has 1 saturated heterocycles. The SMILES string of the molecule is Cc1cccc(N2CCC(N)(C#N)CC2)c1C. The first-order valence-corrected chi connectivity index (χ1v) is 6.07. The minimum absolute atomic E-state index is 0.617. The lowest BCUT2D eigenvalue weighted by Gasteiger charge is -2.37. The highest BCUT2D eigenvalue weighted by Crippen LogP contribution is 2.28. The van der Waals surface area contributed by atoms with Gasteiger partial charge in [-0.05, 0) is 43.9 Å². The molecular weight excluding hydrogens is 210 g/mol. The number of benzene rings is 1. The van der Waals surface area contributed by atoms with Gasteiger partial charge in [0.05, 0.1) is 6.07 Å². The summed E-state index contributed by atoms with van der Waals surface area (Å²) in [6.07, 6.45) is 1.49. The first-order chi connectivity index (χ1) is 8.06. The highest BCUT2D eigenvalue weighted by Gasteiger charge is 2.30. The van der Waals surface area contributed by atoms with E-state index in [1.165, 1.54) is 16.8 Å². The second-order valence-corrected chi connectivity index (χ2v) is 4.97.